The van der Waals surface area contributed by atoms with E-state index in [1.165, 1.54) is 77.0 Å². The minimum Gasteiger partial charge on any atom is -0.388 e. The van der Waals surface area contributed by atoms with Crippen molar-refractivity contribution >= 4 is 17.9 Å². The van der Waals surface area contributed by atoms with Crippen LogP contribution in [0.25, 0.3) is 0 Å². The summed E-state index contributed by atoms with van der Waals surface area (Å²) in [6.07, 6.45) is 23.6. The fourth-order valence-corrected chi connectivity index (χ4v) is 4.63. The van der Waals surface area contributed by atoms with Crippen LogP contribution in [-0.2, 0) is 28.6 Å². The van der Waals surface area contributed by atoms with Gasteiger partial charge in [0.25, 0.3) is 0 Å². The van der Waals surface area contributed by atoms with E-state index in [9.17, 15) is 14.4 Å². The van der Waals surface area contributed by atoms with Crippen molar-refractivity contribution in [2.45, 2.75) is 194 Å². The van der Waals surface area contributed by atoms with Crippen molar-refractivity contribution < 1.29 is 28.6 Å². The second-order valence-electron chi connectivity index (χ2n) is 11.1. The lowest BCUT2D eigenvalue weighted by Crippen LogP contribution is -2.44. The Kier molecular flexibility index (Phi) is 25.5. The number of esters is 3. The molecule has 0 saturated heterocycles. The van der Waals surface area contributed by atoms with E-state index in [2.05, 4.69) is 20.8 Å². The van der Waals surface area contributed by atoms with Crippen LogP contribution < -0.4 is 0 Å². The molecule has 0 aliphatic rings. The number of hydrogen-bond donors (Lipinski definition) is 0. The molecule has 0 saturated carbocycles. The highest BCUT2D eigenvalue weighted by molar-refractivity contribution is 5.73. The van der Waals surface area contributed by atoms with Crippen LogP contribution in [0.15, 0.2) is 0 Å². The highest BCUT2D eigenvalue weighted by Crippen LogP contribution is 2.25. The van der Waals surface area contributed by atoms with Crippen LogP contribution in [0.5, 0.6) is 0 Å². The van der Waals surface area contributed by atoms with Crippen LogP contribution in [0, 0.1) is 0 Å². The molecule has 0 aliphatic heterocycles. The maximum Gasteiger partial charge on any atom is 0.423 e. The number of ether oxygens (including phenoxy) is 3. The molecule has 0 aliphatic carbocycles. The van der Waals surface area contributed by atoms with E-state index in [1.807, 2.05) is 0 Å². The van der Waals surface area contributed by atoms with Crippen LogP contribution in [0.3, 0.4) is 0 Å². The number of carbonyl (C=O) groups excluding carboxylic acids is 3. The van der Waals surface area contributed by atoms with E-state index in [-0.39, 0.29) is 25.7 Å². The lowest BCUT2D eigenvalue weighted by molar-refractivity contribution is -0.331. The Labute approximate surface area is 240 Å². The third-order valence-corrected chi connectivity index (χ3v) is 7.19. The van der Waals surface area contributed by atoms with E-state index < -0.39 is 23.9 Å². The molecule has 0 aromatic rings. The highest BCUT2D eigenvalue weighted by atomic mass is 16.9. The molecule has 39 heavy (non-hydrogen) atoms. The minimum atomic E-state index is -1.96. The van der Waals surface area contributed by atoms with Gasteiger partial charge in [-0.25, -0.2) is 0 Å². The Hall–Kier alpha value is -1.59. The second kappa shape index (κ2) is 26.6. The van der Waals surface area contributed by atoms with Crippen molar-refractivity contribution in [1.29, 1.82) is 0 Å². The van der Waals surface area contributed by atoms with E-state index >= 15 is 0 Å². The summed E-state index contributed by atoms with van der Waals surface area (Å²) in [5.74, 6) is -3.43. The number of carbonyl (C=O) groups is 3. The predicted molar refractivity (Wildman–Crippen MR) is 159 cm³/mol. The molecular formula is C33H62O6. The molecule has 0 fully saturated rings. The van der Waals surface area contributed by atoms with Crippen molar-refractivity contribution in [3.8, 4) is 0 Å². The van der Waals surface area contributed by atoms with Crippen molar-refractivity contribution in [2.75, 3.05) is 0 Å². The maximum atomic E-state index is 12.7. The molecule has 0 radical (unpaired) electrons. The molecule has 6 heteroatoms. The Balaban J connectivity index is 4.79. The summed E-state index contributed by atoms with van der Waals surface area (Å²) >= 11 is 0. The Morgan fingerprint density at radius 2 is 0.615 bits per heavy atom. The summed E-state index contributed by atoms with van der Waals surface area (Å²) in [4.78, 5) is 38.0. The van der Waals surface area contributed by atoms with E-state index in [4.69, 9.17) is 14.2 Å². The van der Waals surface area contributed by atoms with Gasteiger partial charge in [-0.15, -0.1) is 0 Å². The van der Waals surface area contributed by atoms with Crippen LogP contribution in [0.4, 0.5) is 0 Å². The van der Waals surface area contributed by atoms with Crippen molar-refractivity contribution in [3.63, 3.8) is 0 Å². The molecular weight excluding hydrogens is 492 g/mol. The molecule has 0 amide bonds. The molecule has 0 aromatic carbocycles. The van der Waals surface area contributed by atoms with Crippen LogP contribution in [-0.4, -0.2) is 23.9 Å². The molecule has 230 valence electrons. The van der Waals surface area contributed by atoms with E-state index in [0.29, 0.717) is 19.3 Å². The molecule has 6 nitrogen and oxygen atoms in total. The fourth-order valence-electron chi connectivity index (χ4n) is 4.63. The Morgan fingerprint density at radius 1 is 0.385 bits per heavy atom. The van der Waals surface area contributed by atoms with Gasteiger partial charge in [0.15, 0.2) is 0 Å². The van der Waals surface area contributed by atoms with Crippen molar-refractivity contribution in [3.05, 3.63) is 0 Å². The molecule has 0 atom stereocenters. The summed E-state index contributed by atoms with van der Waals surface area (Å²) < 4.78 is 16.8. The molecule has 0 rings (SSSR count). The molecule has 0 N–H and O–H groups in total. The SMILES string of the molecule is CCCCCCCCCC(=O)OC(CC)(OC(=O)CCCCCCCCC)OC(=O)CCCCCCCCC. The third-order valence-electron chi connectivity index (χ3n) is 7.19. The average Bonchev–Trinajstić information content (AvgIpc) is 2.91. The zero-order valence-corrected chi connectivity index (χ0v) is 26.1. The van der Waals surface area contributed by atoms with E-state index in [1.54, 1.807) is 6.92 Å². The van der Waals surface area contributed by atoms with Gasteiger partial charge < -0.3 is 14.2 Å². The second-order valence-corrected chi connectivity index (χ2v) is 11.1. The standard InChI is InChI=1S/C33H62O6/c1-5-9-12-15-18-21-24-27-30(34)37-33(8-4,38-31(35)28-25-22-19-16-13-10-6-2)39-32(36)29-26-23-20-17-14-11-7-3/h5-29H2,1-4H3. The van der Waals surface area contributed by atoms with Gasteiger partial charge in [-0.1, -0.05) is 143 Å². The van der Waals surface area contributed by atoms with Crippen LogP contribution in [0.1, 0.15) is 188 Å². The van der Waals surface area contributed by atoms with Gasteiger partial charge in [0.2, 0.25) is 0 Å². The van der Waals surface area contributed by atoms with E-state index in [0.717, 1.165) is 38.5 Å². The topological polar surface area (TPSA) is 78.9 Å². The summed E-state index contributed by atoms with van der Waals surface area (Å²) in [5.41, 5.74) is 0. The van der Waals surface area contributed by atoms with Gasteiger partial charge >= 0.3 is 23.9 Å². The van der Waals surface area contributed by atoms with Crippen molar-refractivity contribution in [2.24, 2.45) is 0 Å². The van der Waals surface area contributed by atoms with Gasteiger partial charge in [-0.3, -0.25) is 14.4 Å². The zero-order chi connectivity index (χ0) is 29.0. The normalized spacial score (nSPS) is 11.4. The number of hydrogen-bond acceptors (Lipinski definition) is 6. The quantitative estimate of drug-likeness (QED) is 0.0544. The number of rotatable bonds is 28. The maximum absolute atomic E-state index is 12.7. The summed E-state index contributed by atoms with van der Waals surface area (Å²) in [5, 5.41) is 0. The average molecular weight is 555 g/mol. The minimum absolute atomic E-state index is 0.0707. The summed E-state index contributed by atoms with van der Waals surface area (Å²) in [7, 11) is 0. The Morgan fingerprint density at radius 3 is 0.846 bits per heavy atom. The monoisotopic (exact) mass is 554 g/mol. The van der Waals surface area contributed by atoms with Gasteiger partial charge in [0.1, 0.15) is 0 Å². The van der Waals surface area contributed by atoms with Gasteiger partial charge in [0.05, 0.1) is 6.42 Å². The summed E-state index contributed by atoms with van der Waals surface area (Å²) in [6.45, 7) is 8.29. The van der Waals surface area contributed by atoms with Gasteiger partial charge in [-0.2, -0.15) is 0 Å². The lowest BCUT2D eigenvalue weighted by Gasteiger charge is -2.30. The molecule has 0 aromatic heterocycles. The largest absolute Gasteiger partial charge is 0.423 e. The number of unbranched alkanes of at least 4 members (excludes halogenated alkanes) is 18. The van der Waals surface area contributed by atoms with Crippen LogP contribution >= 0.6 is 0 Å². The molecule has 0 bridgehead atoms. The lowest BCUT2D eigenvalue weighted by atomic mass is 10.1. The molecule has 0 heterocycles. The Bertz CT molecular complexity index is 524. The van der Waals surface area contributed by atoms with Crippen molar-refractivity contribution in [1.82, 2.24) is 0 Å². The summed E-state index contributed by atoms with van der Waals surface area (Å²) in [6, 6.07) is 0. The fraction of sp³-hybridized carbons (Fsp3) is 0.909. The smallest absolute Gasteiger partial charge is 0.388 e. The van der Waals surface area contributed by atoms with Gasteiger partial charge in [0, 0.05) is 19.3 Å². The first kappa shape index (κ1) is 37.4. The van der Waals surface area contributed by atoms with Gasteiger partial charge in [-0.05, 0) is 19.3 Å². The third kappa shape index (κ3) is 22.9. The zero-order valence-electron chi connectivity index (χ0n) is 26.1. The van der Waals surface area contributed by atoms with Crippen LogP contribution in [0.2, 0.25) is 0 Å². The highest BCUT2D eigenvalue weighted by Gasteiger charge is 2.41. The molecule has 0 unspecified atom stereocenters. The first-order valence-corrected chi connectivity index (χ1v) is 16.6. The first-order valence-electron chi connectivity index (χ1n) is 16.6. The molecule has 0 spiro atoms. The predicted octanol–water partition coefficient (Wildman–Crippen LogP) is 10.1. The first-order chi connectivity index (χ1) is 18.9.